The highest BCUT2D eigenvalue weighted by atomic mass is 35.5. The molecule has 54 valence electrons. The van der Waals surface area contributed by atoms with Crippen LogP contribution in [0.1, 0.15) is 19.8 Å². The summed E-state index contributed by atoms with van der Waals surface area (Å²) in [7, 11) is 0. The molecule has 1 nitrogen and oxygen atoms in total. The van der Waals surface area contributed by atoms with Crippen LogP contribution in [0.25, 0.3) is 0 Å². The Morgan fingerprint density at radius 2 is 2.33 bits per heavy atom. The quantitative estimate of drug-likeness (QED) is 0.461. The van der Waals surface area contributed by atoms with Gasteiger partial charge in [0.25, 0.3) is 0 Å². The first-order valence-corrected chi connectivity index (χ1v) is 4.56. The average molecular weight is 167 g/mol. The molecule has 9 heavy (non-hydrogen) atoms. The monoisotopic (exact) mass is 166 g/mol. The second kappa shape index (κ2) is 6.43. The molecule has 0 N–H and O–H groups in total. The lowest BCUT2D eigenvalue weighted by molar-refractivity contribution is -0.109. The number of hydrogen-bond donors (Lipinski definition) is 0. The molecule has 0 saturated heterocycles. The van der Waals surface area contributed by atoms with Gasteiger partial charge in [-0.1, -0.05) is 13.3 Å². The largest absolute Gasteiger partial charge is 0.280 e. The van der Waals surface area contributed by atoms with Crippen LogP contribution in [0.2, 0.25) is 0 Å². The second-order valence-corrected chi connectivity index (χ2v) is 3.29. The van der Waals surface area contributed by atoms with E-state index in [0.717, 1.165) is 5.75 Å². The first kappa shape index (κ1) is 9.31. The van der Waals surface area contributed by atoms with Crippen molar-refractivity contribution in [3.05, 3.63) is 0 Å². The fourth-order valence-corrected chi connectivity index (χ4v) is 1.43. The minimum absolute atomic E-state index is 0.240. The third-order valence-electron chi connectivity index (χ3n) is 0.858. The predicted molar refractivity (Wildman–Crippen MR) is 43.1 cm³/mol. The van der Waals surface area contributed by atoms with Gasteiger partial charge in [-0.05, 0) is 23.8 Å². The summed E-state index contributed by atoms with van der Waals surface area (Å²) in [6.07, 6.45) is 2.36. The maximum absolute atomic E-state index is 10.2. The molecule has 0 amide bonds. The number of rotatable bonds is 5. The molecule has 0 radical (unpaired) electrons. The van der Waals surface area contributed by atoms with Gasteiger partial charge < -0.3 is 0 Å². The van der Waals surface area contributed by atoms with Crippen LogP contribution < -0.4 is 0 Å². The first-order valence-electron chi connectivity index (χ1n) is 3.03. The highest BCUT2D eigenvalue weighted by Gasteiger charge is 1.93. The SMILES string of the molecule is CCCCSCC(=O)Cl. The van der Waals surface area contributed by atoms with Crippen molar-refractivity contribution in [2.75, 3.05) is 11.5 Å². The van der Waals surface area contributed by atoms with Crippen LogP contribution in [0, 0.1) is 0 Å². The summed E-state index contributed by atoms with van der Waals surface area (Å²) < 4.78 is 0. The van der Waals surface area contributed by atoms with Gasteiger partial charge in [0.1, 0.15) is 0 Å². The van der Waals surface area contributed by atoms with Crippen LogP contribution in [-0.4, -0.2) is 16.7 Å². The Morgan fingerprint density at radius 3 is 2.78 bits per heavy atom. The molecule has 3 heteroatoms. The normalized spacial score (nSPS) is 9.56. The smallest absolute Gasteiger partial charge is 0.231 e. The number of thioether (sulfide) groups is 1. The van der Waals surface area contributed by atoms with E-state index in [2.05, 4.69) is 6.92 Å². The molecule has 0 bridgehead atoms. The zero-order chi connectivity index (χ0) is 7.11. The van der Waals surface area contributed by atoms with Gasteiger partial charge in [-0.25, -0.2) is 0 Å². The topological polar surface area (TPSA) is 17.1 Å². The Bertz CT molecular complexity index is 85.1. The molecule has 0 rings (SSSR count). The number of halogens is 1. The fraction of sp³-hybridized carbons (Fsp3) is 0.833. The summed E-state index contributed by atoms with van der Waals surface area (Å²) in [4.78, 5) is 10.2. The maximum Gasteiger partial charge on any atom is 0.231 e. The van der Waals surface area contributed by atoms with Crippen molar-refractivity contribution in [2.24, 2.45) is 0 Å². The van der Waals surface area contributed by atoms with Gasteiger partial charge in [0.05, 0.1) is 5.75 Å². The molecule has 0 aromatic carbocycles. The average Bonchev–Trinajstić information content (AvgIpc) is 1.80. The summed E-state index contributed by atoms with van der Waals surface area (Å²) in [6.45, 7) is 2.13. The Balaban J connectivity index is 2.83. The van der Waals surface area contributed by atoms with Crippen molar-refractivity contribution in [1.29, 1.82) is 0 Å². The van der Waals surface area contributed by atoms with Crippen molar-refractivity contribution >= 4 is 28.6 Å². The van der Waals surface area contributed by atoms with E-state index in [1.165, 1.54) is 12.8 Å². The van der Waals surface area contributed by atoms with Crippen molar-refractivity contribution in [2.45, 2.75) is 19.8 Å². The minimum atomic E-state index is -0.240. The fourth-order valence-electron chi connectivity index (χ4n) is 0.399. The lowest BCUT2D eigenvalue weighted by Crippen LogP contribution is -1.90. The standard InChI is InChI=1S/C6H11ClOS/c1-2-3-4-9-5-6(7)8/h2-5H2,1H3. The van der Waals surface area contributed by atoms with Crippen molar-refractivity contribution in [1.82, 2.24) is 0 Å². The number of hydrogen-bond acceptors (Lipinski definition) is 2. The first-order chi connectivity index (χ1) is 4.27. The third kappa shape index (κ3) is 8.31. The molecule has 0 atom stereocenters. The highest BCUT2D eigenvalue weighted by Crippen LogP contribution is 2.04. The Labute approximate surface area is 65.2 Å². The zero-order valence-corrected chi connectivity index (χ0v) is 7.10. The Morgan fingerprint density at radius 1 is 1.67 bits per heavy atom. The van der Waals surface area contributed by atoms with E-state index in [9.17, 15) is 4.79 Å². The van der Waals surface area contributed by atoms with E-state index >= 15 is 0 Å². The van der Waals surface area contributed by atoms with Crippen molar-refractivity contribution < 1.29 is 4.79 Å². The summed E-state index contributed by atoms with van der Waals surface area (Å²) in [5.41, 5.74) is 0. The molecule has 0 aliphatic rings. The Hall–Kier alpha value is 0.310. The lowest BCUT2D eigenvalue weighted by atomic mass is 10.4. The number of carbonyl (C=O) groups excluding carboxylic acids is 1. The molecule has 0 unspecified atom stereocenters. The van der Waals surface area contributed by atoms with Crippen LogP contribution in [-0.2, 0) is 4.79 Å². The van der Waals surface area contributed by atoms with Crippen molar-refractivity contribution in [3.8, 4) is 0 Å². The highest BCUT2D eigenvalue weighted by molar-refractivity contribution is 8.00. The molecule has 0 fully saturated rings. The van der Waals surface area contributed by atoms with E-state index in [1.807, 2.05) is 0 Å². The number of unbranched alkanes of at least 4 members (excludes halogenated alkanes) is 1. The lowest BCUT2D eigenvalue weighted by Gasteiger charge is -1.93. The van der Waals surface area contributed by atoms with E-state index in [1.54, 1.807) is 11.8 Å². The maximum atomic E-state index is 10.2. The predicted octanol–water partition coefficient (Wildman–Crippen LogP) is 2.29. The van der Waals surface area contributed by atoms with Crippen molar-refractivity contribution in [3.63, 3.8) is 0 Å². The van der Waals surface area contributed by atoms with Gasteiger partial charge in [-0.3, -0.25) is 4.79 Å². The molecular formula is C6H11ClOS. The third-order valence-corrected chi connectivity index (χ3v) is 2.19. The molecule has 0 heterocycles. The summed E-state index contributed by atoms with van der Waals surface area (Å²) >= 11 is 6.70. The van der Waals surface area contributed by atoms with Gasteiger partial charge >= 0.3 is 0 Å². The number of carbonyl (C=O) groups is 1. The van der Waals surface area contributed by atoms with E-state index in [0.29, 0.717) is 5.75 Å². The minimum Gasteiger partial charge on any atom is -0.280 e. The van der Waals surface area contributed by atoms with Crippen LogP contribution in [0.15, 0.2) is 0 Å². The van der Waals surface area contributed by atoms with E-state index < -0.39 is 0 Å². The van der Waals surface area contributed by atoms with E-state index in [-0.39, 0.29) is 5.24 Å². The molecule has 0 saturated carbocycles. The van der Waals surface area contributed by atoms with Gasteiger partial charge in [-0.15, -0.1) is 0 Å². The van der Waals surface area contributed by atoms with Crippen LogP contribution >= 0.6 is 23.4 Å². The molecular weight excluding hydrogens is 156 g/mol. The van der Waals surface area contributed by atoms with Crippen LogP contribution in [0.4, 0.5) is 0 Å². The van der Waals surface area contributed by atoms with Crippen LogP contribution in [0.3, 0.4) is 0 Å². The molecule has 0 aliphatic heterocycles. The zero-order valence-electron chi connectivity index (χ0n) is 5.52. The van der Waals surface area contributed by atoms with Gasteiger partial charge in [0.2, 0.25) is 5.24 Å². The summed E-state index contributed by atoms with van der Waals surface area (Å²) in [6, 6.07) is 0. The molecule has 0 spiro atoms. The summed E-state index contributed by atoms with van der Waals surface area (Å²) in [5, 5.41) is -0.240. The van der Waals surface area contributed by atoms with Crippen LogP contribution in [0.5, 0.6) is 0 Å². The second-order valence-electron chi connectivity index (χ2n) is 1.76. The summed E-state index contributed by atoms with van der Waals surface area (Å²) in [5.74, 6) is 1.51. The molecule has 0 aromatic rings. The van der Waals surface area contributed by atoms with Gasteiger partial charge in [0, 0.05) is 0 Å². The molecule has 0 aromatic heterocycles. The van der Waals surface area contributed by atoms with E-state index in [4.69, 9.17) is 11.6 Å². The molecule has 0 aliphatic carbocycles. The van der Waals surface area contributed by atoms with Gasteiger partial charge in [0.15, 0.2) is 0 Å². The Kier molecular flexibility index (Phi) is 6.65. The van der Waals surface area contributed by atoms with Gasteiger partial charge in [-0.2, -0.15) is 11.8 Å².